The van der Waals surface area contributed by atoms with Crippen LogP contribution in [0.5, 0.6) is 0 Å². The van der Waals surface area contributed by atoms with Crippen molar-refractivity contribution in [1.82, 2.24) is 4.72 Å². The summed E-state index contributed by atoms with van der Waals surface area (Å²) in [6.45, 7) is 0. The second kappa shape index (κ2) is 8.73. The van der Waals surface area contributed by atoms with Crippen LogP contribution >= 0.6 is 0 Å². The second-order valence-electron chi connectivity index (χ2n) is 7.13. The maximum atomic E-state index is 14.2. The maximum absolute atomic E-state index is 14.2. The summed E-state index contributed by atoms with van der Waals surface area (Å²) in [6.07, 6.45) is -0.367. The Morgan fingerprint density at radius 1 is 1.00 bits per heavy atom. The van der Waals surface area contributed by atoms with Gasteiger partial charge in [0.2, 0.25) is 10.0 Å². The van der Waals surface area contributed by atoms with Gasteiger partial charge in [0, 0.05) is 11.7 Å². The number of alkyl halides is 3. The molecule has 162 valence electrons. The molecule has 2 aromatic rings. The molecule has 0 saturated heterocycles. The van der Waals surface area contributed by atoms with E-state index in [0.717, 1.165) is 49.6 Å². The predicted molar refractivity (Wildman–Crippen MR) is 103 cm³/mol. The Labute approximate surface area is 171 Å². The van der Waals surface area contributed by atoms with Crippen molar-refractivity contribution in [3.05, 3.63) is 59.4 Å². The largest absolute Gasteiger partial charge is 0.416 e. The van der Waals surface area contributed by atoms with Crippen LogP contribution in [0, 0.1) is 5.82 Å². The van der Waals surface area contributed by atoms with Gasteiger partial charge in [-0.15, -0.1) is 0 Å². The first-order valence-electron chi connectivity index (χ1n) is 9.37. The molecule has 5 nitrogen and oxygen atoms in total. The third kappa shape index (κ3) is 5.37. The molecule has 1 aliphatic rings. The molecule has 2 N–H and O–H groups in total. The van der Waals surface area contributed by atoms with Crippen LogP contribution in [0.1, 0.15) is 48.0 Å². The van der Waals surface area contributed by atoms with Crippen molar-refractivity contribution in [2.24, 2.45) is 0 Å². The highest BCUT2D eigenvalue weighted by atomic mass is 32.2. The average Bonchev–Trinajstić information content (AvgIpc) is 2.68. The van der Waals surface area contributed by atoms with E-state index in [9.17, 15) is 30.8 Å². The van der Waals surface area contributed by atoms with Crippen LogP contribution in [0.15, 0.2) is 47.4 Å². The number of halogens is 4. The lowest BCUT2D eigenvalue weighted by molar-refractivity contribution is -0.137. The fourth-order valence-electron chi connectivity index (χ4n) is 3.33. The SMILES string of the molecule is O=C(Nc1cccc(C(F)(F)F)c1)c1cc(S(=O)(=O)NC2CCCCC2)ccc1F. The van der Waals surface area contributed by atoms with Crippen molar-refractivity contribution in [3.63, 3.8) is 0 Å². The normalized spacial score (nSPS) is 15.7. The summed E-state index contributed by atoms with van der Waals surface area (Å²) < 4.78 is 80.4. The van der Waals surface area contributed by atoms with Crippen LogP contribution in [0.2, 0.25) is 0 Å². The Bertz CT molecular complexity index is 1030. The van der Waals surface area contributed by atoms with E-state index in [2.05, 4.69) is 10.0 Å². The predicted octanol–water partition coefficient (Wildman–Crippen LogP) is 4.71. The lowest BCUT2D eigenvalue weighted by Crippen LogP contribution is -2.36. The van der Waals surface area contributed by atoms with Crippen LogP contribution in [-0.4, -0.2) is 20.4 Å². The van der Waals surface area contributed by atoms with Crippen LogP contribution in [0.4, 0.5) is 23.2 Å². The molecule has 0 aromatic heterocycles. The fourth-order valence-corrected chi connectivity index (χ4v) is 4.66. The minimum absolute atomic E-state index is 0.192. The molecule has 0 spiro atoms. The molecule has 1 saturated carbocycles. The van der Waals surface area contributed by atoms with E-state index >= 15 is 0 Å². The van der Waals surface area contributed by atoms with Crippen molar-refractivity contribution < 1.29 is 30.8 Å². The molecule has 0 aliphatic heterocycles. The van der Waals surface area contributed by atoms with Crippen molar-refractivity contribution in [3.8, 4) is 0 Å². The van der Waals surface area contributed by atoms with Crippen LogP contribution in [0.25, 0.3) is 0 Å². The number of hydrogen-bond acceptors (Lipinski definition) is 3. The Hall–Kier alpha value is -2.46. The summed E-state index contributed by atoms with van der Waals surface area (Å²) >= 11 is 0. The minimum Gasteiger partial charge on any atom is -0.322 e. The van der Waals surface area contributed by atoms with Gasteiger partial charge in [-0.2, -0.15) is 13.2 Å². The summed E-state index contributed by atoms with van der Waals surface area (Å²) in [5, 5.41) is 2.18. The second-order valence-corrected chi connectivity index (χ2v) is 8.84. The van der Waals surface area contributed by atoms with E-state index in [1.54, 1.807) is 0 Å². The lowest BCUT2D eigenvalue weighted by atomic mass is 9.96. The van der Waals surface area contributed by atoms with Crippen molar-refractivity contribution >= 4 is 21.6 Å². The molecule has 0 bridgehead atoms. The lowest BCUT2D eigenvalue weighted by Gasteiger charge is -2.22. The number of benzene rings is 2. The maximum Gasteiger partial charge on any atom is 0.416 e. The number of anilines is 1. The highest BCUT2D eigenvalue weighted by Crippen LogP contribution is 2.31. The summed E-state index contributed by atoms with van der Waals surface area (Å²) in [4.78, 5) is 12.1. The van der Waals surface area contributed by atoms with Gasteiger partial charge >= 0.3 is 6.18 Å². The van der Waals surface area contributed by atoms with Gasteiger partial charge in [0.1, 0.15) is 5.82 Å². The molecule has 0 radical (unpaired) electrons. The molecule has 1 aliphatic carbocycles. The van der Waals surface area contributed by atoms with Crippen molar-refractivity contribution in [2.75, 3.05) is 5.32 Å². The smallest absolute Gasteiger partial charge is 0.322 e. The average molecular weight is 444 g/mol. The zero-order valence-corrected chi connectivity index (χ0v) is 16.6. The Balaban J connectivity index is 1.82. The number of hydrogen-bond donors (Lipinski definition) is 2. The van der Waals surface area contributed by atoms with Gasteiger partial charge in [0.25, 0.3) is 5.91 Å². The number of carbonyl (C=O) groups excluding carboxylic acids is 1. The van der Waals surface area contributed by atoms with E-state index in [1.165, 1.54) is 6.07 Å². The van der Waals surface area contributed by atoms with Gasteiger partial charge < -0.3 is 5.32 Å². The third-order valence-corrected chi connectivity index (χ3v) is 6.39. The first-order valence-corrected chi connectivity index (χ1v) is 10.8. The molecule has 0 heterocycles. The topological polar surface area (TPSA) is 75.3 Å². The molecule has 30 heavy (non-hydrogen) atoms. The molecule has 0 unspecified atom stereocenters. The Morgan fingerprint density at radius 3 is 2.37 bits per heavy atom. The standard InChI is InChI=1S/C20H20F4N2O3S/c21-18-10-9-16(30(28,29)26-14-6-2-1-3-7-14)12-17(18)19(27)25-15-8-4-5-13(11-15)20(22,23)24/h4-5,8-12,14,26H,1-3,6-7H2,(H,25,27). The van der Waals surface area contributed by atoms with Gasteiger partial charge in [-0.25, -0.2) is 17.5 Å². The van der Waals surface area contributed by atoms with Crippen LogP contribution in [0.3, 0.4) is 0 Å². The Kier molecular flexibility index (Phi) is 6.47. The summed E-state index contributed by atoms with van der Waals surface area (Å²) in [5.41, 5.74) is -1.75. The fraction of sp³-hybridized carbons (Fsp3) is 0.350. The van der Waals surface area contributed by atoms with Gasteiger partial charge in [-0.3, -0.25) is 4.79 Å². The molecule has 0 atom stereocenters. The summed E-state index contributed by atoms with van der Waals surface area (Å²) in [6, 6.07) is 6.40. The third-order valence-electron chi connectivity index (χ3n) is 4.87. The number of carbonyl (C=O) groups is 1. The number of rotatable bonds is 5. The first kappa shape index (κ1) is 22.2. The highest BCUT2D eigenvalue weighted by Gasteiger charge is 2.30. The van der Waals surface area contributed by atoms with E-state index in [-0.39, 0.29) is 16.6 Å². The molecule has 1 amide bonds. The molecule has 3 rings (SSSR count). The molecular weight excluding hydrogens is 424 g/mol. The summed E-state index contributed by atoms with van der Waals surface area (Å²) in [7, 11) is -3.98. The zero-order valence-electron chi connectivity index (χ0n) is 15.8. The van der Waals surface area contributed by atoms with Crippen LogP contribution in [-0.2, 0) is 16.2 Å². The van der Waals surface area contributed by atoms with Gasteiger partial charge in [0.15, 0.2) is 0 Å². The molecule has 1 fully saturated rings. The number of amides is 1. The molecule has 10 heteroatoms. The Morgan fingerprint density at radius 2 is 1.70 bits per heavy atom. The van der Waals surface area contributed by atoms with Gasteiger partial charge in [0.05, 0.1) is 16.0 Å². The molecule has 2 aromatic carbocycles. The molecular formula is C20H20F4N2O3S. The first-order chi connectivity index (χ1) is 14.1. The van der Waals surface area contributed by atoms with E-state index in [1.807, 2.05) is 0 Å². The van der Waals surface area contributed by atoms with Gasteiger partial charge in [-0.05, 0) is 49.2 Å². The van der Waals surface area contributed by atoms with Crippen molar-refractivity contribution in [1.29, 1.82) is 0 Å². The van der Waals surface area contributed by atoms with Crippen LogP contribution < -0.4 is 10.0 Å². The minimum atomic E-state index is -4.61. The van der Waals surface area contributed by atoms with Gasteiger partial charge in [-0.1, -0.05) is 25.3 Å². The number of sulfonamides is 1. The number of nitrogens with one attached hydrogen (secondary N) is 2. The zero-order chi connectivity index (χ0) is 21.9. The van der Waals surface area contributed by atoms with E-state index in [0.29, 0.717) is 18.9 Å². The quantitative estimate of drug-likeness (QED) is 0.656. The van der Waals surface area contributed by atoms with E-state index < -0.39 is 39.1 Å². The highest BCUT2D eigenvalue weighted by molar-refractivity contribution is 7.89. The monoisotopic (exact) mass is 444 g/mol. The van der Waals surface area contributed by atoms with E-state index in [4.69, 9.17) is 0 Å². The van der Waals surface area contributed by atoms with Crippen molar-refractivity contribution in [2.45, 2.75) is 49.2 Å². The summed E-state index contributed by atoms with van der Waals surface area (Å²) in [5.74, 6) is -2.04.